The summed E-state index contributed by atoms with van der Waals surface area (Å²) in [5.74, 6) is -2.82. The fourth-order valence-corrected chi connectivity index (χ4v) is 3.65. The van der Waals surface area contributed by atoms with Crippen molar-refractivity contribution in [3.8, 4) is 0 Å². The van der Waals surface area contributed by atoms with Crippen LogP contribution in [-0.2, 0) is 28.4 Å². The molecule has 0 radical (unpaired) electrons. The first-order valence-electron chi connectivity index (χ1n) is 10.9. The molecule has 1 fully saturated rings. The summed E-state index contributed by atoms with van der Waals surface area (Å²) < 4.78 is 39.6. The zero-order valence-corrected chi connectivity index (χ0v) is 18.5. The number of hydrogen-bond acceptors (Lipinski definition) is 7. The molecule has 1 aromatic heterocycles. The predicted molar refractivity (Wildman–Crippen MR) is 114 cm³/mol. The zero-order chi connectivity index (χ0) is 23.7. The van der Waals surface area contributed by atoms with Gasteiger partial charge in [-0.3, -0.25) is 4.90 Å². The molecule has 3 rings (SSSR count). The van der Waals surface area contributed by atoms with Gasteiger partial charge in [0.05, 0.1) is 12.6 Å². The molecule has 2 N–H and O–H groups in total. The fraction of sp³-hybridized carbons (Fsp3) is 0.545. The fourth-order valence-electron chi connectivity index (χ4n) is 3.65. The number of tetrazole rings is 1. The lowest BCUT2D eigenvalue weighted by Crippen LogP contribution is -2.34. The third kappa shape index (κ3) is 6.78. The molecule has 180 valence electrons. The summed E-state index contributed by atoms with van der Waals surface area (Å²) in [6.07, 6.45) is 4.13. The summed E-state index contributed by atoms with van der Waals surface area (Å²) in [7, 11) is 1.48. The highest BCUT2D eigenvalue weighted by Crippen LogP contribution is 2.33. The number of unbranched alkanes of at least 4 members (excludes halogenated alkanes) is 3. The summed E-state index contributed by atoms with van der Waals surface area (Å²) in [6.45, 7) is 0.708. The van der Waals surface area contributed by atoms with Crippen molar-refractivity contribution < 1.29 is 28.2 Å². The number of alkyl halides is 2. The number of cyclic esters (lactones) is 1. The normalized spacial score (nSPS) is 17.6. The maximum atomic E-state index is 14.8. The van der Waals surface area contributed by atoms with E-state index in [1.165, 1.54) is 36.3 Å². The standard InChI is InChI=1S/C22H29F2N5O4/c1-32-14-16-7-6-8-17(13-16)22(23,24)19(30)11-10-18-15-33-21(31)29(18)12-5-3-2-4-9-20-25-27-28-26-20/h6-8,10-11,13,18-19,30H,2-5,9,12,14-15H2,1H3,(H,25,26,27,28). The Labute approximate surface area is 190 Å². The lowest BCUT2D eigenvalue weighted by Gasteiger charge is -2.22. The second-order valence-electron chi connectivity index (χ2n) is 7.92. The van der Waals surface area contributed by atoms with Gasteiger partial charge in [0.25, 0.3) is 0 Å². The summed E-state index contributed by atoms with van der Waals surface area (Å²) >= 11 is 0. The number of nitrogens with zero attached hydrogens (tertiary/aromatic N) is 4. The number of aryl methyl sites for hydroxylation is 1. The van der Waals surface area contributed by atoms with Crippen molar-refractivity contribution in [3.05, 3.63) is 53.4 Å². The van der Waals surface area contributed by atoms with Gasteiger partial charge >= 0.3 is 12.0 Å². The Morgan fingerprint density at radius 2 is 2.18 bits per heavy atom. The summed E-state index contributed by atoms with van der Waals surface area (Å²) in [4.78, 5) is 13.5. The third-order valence-electron chi connectivity index (χ3n) is 5.46. The first kappa shape index (κ1) is 24.7. The number of hydrogen-bond donors (Lipinski definition) is 2. The number of aliphatic hydroxyl groups excluding tert-OH is 1. The van der Waals surface area contributed by atoms with E-state index in [2.05, 4.69) is 20.6 Å². The molecule has 1 aliphatic rings. The van der Waals surface area contributed by atoms with Crippen LogP contribution >= 0.6 is 0 Å². The highest BCUT2D eigenvalue weighted by molar-refractivity contribution is 5.70. The SMILES string of the molecule is COCc1cccc(C(F)(F)C(O)C=CC2COC(=O)N2CCCCCCc2nn[nH]n2)c1. The number of halogens is 2. The minimum Gasteiger partial charge on any atom is -0.447 e. The third-order valence-corrected chi connectivity index (χ3v) is 5.46. The molecule has 2 heterocycles. The number of benzene rings is 1. The van der Waals surface area contributed by atoms with E-state index in [4.69, 9.17) is 9.47 Å². The number of carbonyl (C=O) groups is 1. The Hall–Kier alpha value is -2.92. The molecular formula is C22H29F2N5O4. The van der Waals surface area contributed by atoms with E-state index < -0.39 is 24.2 Å². The monoisotopic (exact) mass is 465 g/mol. The van der Waals surface area contributed by atoms with Crippen molar-refractivity contribution in [2.24, 2.45) is 0 Å². The van der Waals surface area contributed by atoms with Crippen LogP contribution < -0.4 is 0 Å². The van der Waals surface area contributed by atoms with E-state index in [0.29, 0.717) is 17.9 Å². The number of carbonyl (C=O) groups excluding carboxylic acids is 1. The van der Waals surface area contributed by atoms with Gasteiger partial charge in [-0.15, -0.1) is 10.2 Å². The number of ether oxygens (including phenoxy) is 2. The van der Waals surface area contributed by atoms with E-state index in [1.54, 1.807) is 6.07 Å². The van der Waals surface area contributed by atoms with Crippen LogP contribution in [0.15, 0.2) is 36.4 Å². The van der Waals surface area contributed by atoms with E-state index in [0.717, 1.165) is 38.2 Å². The van der Waals surface area contributed by atoms with Crippen molar-refractivity contribution in [3.63, 3.8) is 0 Å². The van der Waals surface area contributed by atoms with Gasteiger partial charge in [-0.25, -0.2) is 4.79 Å². The topological polar surface area (TPSA) is 113 Å². The van der Waals surface area contributed by atoms with E-state index in [1.807, 2.05) is 0 Å². The molecular weight excluding hydrogens is 436 g/mol. The van der Waals surface area contributed by atoms with Gasteiger partial charge in [-0.1, -0.05) is 48.4 Å². The molecule has 0 spiro atoms. The van der Waals surface area contributed by atoms with Crippen molar-refractivity contribution in [1.82, 2.24) is 25.5 Å². The number of aromatic nitrogens is 4. The molecule has 11 heteroatoms. The Kier molecular flexibility index (Phi) is 8.84. The van der Waals surface area contributed by atoms with Gasteiger partial charge < -0.3 is 14.6 Å². The van der Waals surface area contributed by atoms with E-state index in [-0.39, 0.29) is 18.8 Å². The maximum absolute atomic E-state index is 14.8. The van der Waals surface area contributed by atoms with Crippen LogP contribution in [0.2, 0.25) is 0 Å². The summed E-state index contributed by atoms with van der Waals surface area (Å²) in [5, 5.41) is 23.9. The average Bonchev–Trinajstić information content (AvgIpc) is 3.45. The Balaban J connectivity index is 1.49. The molecule has 1 saturated heterocycles. The smallest absolute Gasteiger partial charge is 0.410 e. The molecule has 2 unspecified atom stereocenters. The number of aliphatic hydroxyl groups is 1. The molecule has 0 bridgehead atoms. The second-order valence-corrected chi connectivity index (χ2v) is 7.92. The number of amides is 1. The van der Waals surface area contributed by atoms with Crippen molar-refractivity contribution in [1.29, 1.82) is 0 Å². The molecule has 1 aliphatic heterocycles. The van der Waals surface area contributed by atoms with E-state index in [9.17, 15) is 18.7 Å². The van der Waals surface area contributed by atoms with Gasteiger partial charge in [0.1, 0.15) is 12.7 Å². The molecule has 2 aromatic rings. The minimum absolute atomic E-state index is 0.0643. The molecule has 0 aliphatic carbocycles. The predicted octanol–water partition coefficient (Wildman–Crippen LogP) is 2.98. The number of nitrogens with one attached hydrogen (secondary N) is 1. The number of methoxy groups -OCH3 is 1. The van der Waals surface area contributed by atoms with Crippen LogP contribution in [-0.4, -0.2) is 69.1 Å². The first-order valence-corrected chi connectivity index (χ1v) is 10.9. The van der Waals surface area contributed by atoms with Gasteiger partial charge in [-0.2, -0.15) is 14.0 Å². The molecule has 33 heavy (non-hydrogen) atoms. The van der Waals surface area contributed by atoms with Crippen molar-refractivity contribution in [2.75, 3.05) is 20.3 Å². The van der Waals surface area contributed by atoms with E-state index >= 15 is 0 Å². The maximum Gasteiger partial charge on any atom is 0.410 e. The van der Waals surface area contributed by atoms with Crippen LogP contribution in [0.1, 0.15) is 42.6 Å². The lowest BCUT2D eigenvalue weighted by atomic mass is 10.00. The van der Waals surface area contributed by atoms with Crippen LogP contribution in [0.3, 0.4) is 0 Å². The molecule has 2 atom stereocenters. The minimum atomic E-state index is -3.49. The lowest BCUT2D eigenvalue weighted by molar-refractivity contribution is -0.0930. The van der Waals surface area contributed by atoms with Gasteiger partial charge in [0, 0.05) is 25.6 Å². The van der Waals surface area contributed by atoms with Crippen LogP contribution in [0.25, 0.3) is 0 Å². The number of aromatic amines is 1. The average molecular weight is 466 g/mol. The van der Waals surface area contributed by atoms with Crippen LogP contribution in [0, 0.1) is 0 Å². The zero-order valence-electron chi connectivity index (χ0n) is 18.5. The quantitative estimate of drug-likeness (QED) is 0.345. The Morgan fingerprint density at radius 1 is 1.36 bits per heavy atom. The Bertz CT molecular complexity index is 910. The largest absolute Gasteiger partial charge is 0.447 e. The Morgan fingerprint density at radius 3 is 2.94 bits per heavy atom. The summed E-state index contributed by atoms with van der Waals surface area (Å²) in [6, 6.07) is 5.26. The molecule has 0 saturated carbocycles. The number of rotatable bonds is 13. The highest BCUT2D eigenvalue weighted by atomic mass is 19.3. The molecule has 1 aromatic carbocycles. The van der Waals surface area contributed by atoms with Gasteiger partial charge in [0.2, 0.25) is 0 Å². The van der Waals surface area contributed by atoms with Gasteiger partial charge in [-0.05, 0) is 24.5 Å². The molecule has 9 nitrogen and oxygen atoms in total. The second kappa shape index (κ2) is 11.8. The van der Waals surface area contributed by atoms with Crippen molar-refractivity contribution in [2.45, 2.75) is 56.8 Å². The highest BCUT2D eigenvalue weighted by Gasteiger charge is 2.39. The summed E-state index contributed by atoms with van der Waals surface area (Å²) in [5.41, 5.74) is 0.287. The first-order chi connectivity index (χ1) is 15.9. The van der Waals surface area contributed by atoms with Crippen LogP contribution in [0.4, 0.5) is 13.6 Å². The number of H-pyrrole nitrogens is 1. The van der Waals surface area contributed by atoms with Gasteiger partial charge in [0.15, 0.2) is 5.82 Å². The van der Waals surface area contributed by atoms with Crippen molar-refractivity contribution >= 4 is 6.09 Å². The molecule has 1 amide bonds. The van der Waals surface area contributed by atoms with Crippen LogP contribution in [0.5, 0.6) is 0 Å².